The lowest BCUT2D eigenvalue weighted by atomic mass is 9.83. The van der Waals surface area contributed by atoms with Gasteiger partial charge in [-0.05, 0) is 26.3 Å². The number of carbonyl (C=O) groups excluding carboxylic acids is 1. The summed E-state index contributed by atoms with van der Waals surface area (Å²) in [5, 5.41) is 110. The molecule has 3 rings (SSSR count). The van der Waals surface area contributed by atoms with Gasteiger partial charge in [-0.15, -0.1) is 0 Å². The first-order valence-corrected chi connectivity index (χ1v) is 16.3. The van der Waals surface area contributed by atoms with Crippen molar-refractivity contribution in [3.63, 3.8) is 0 Å². The summed E-state index contributed by atoms with van der Waals surface area (Å²) >= 11 is 0. The van der Waals surface area contributed by atoms with E-state index in [1.807, 2.05) is 0 Å². The predicted molar refractivity (Wildman–Crippen MR) is 166 cm³/mol. The van der Waals surface area contributed by atoms with E-state index in [0.29, 0.717) is 12.8 Å². The van der Waals surface area contributed by atoms with Crippen LogP contribution in [0.2, 0.25) is 0 Å². The van der Waals surface area contributed by atoms with Gasteiger partial charge in [0.2, 0.25) is 0 Å². The molecule has 1 amide bonds. The Kier molecular flexibility index (Phi) is 16.3. The first-order chi connectivity index (χ1) is 23.1. The lowest BCUT2D eigenvalue weighted by Crippen LogP contribution is -2.69. The van der Waals surface area contributed by atoms with Gasteiger partial charge >= 0.3 is 0 Å². The zero-order chi connectivity index (χ0) is 36.6. The van der Waals surface area contributed by atoms with E-state index >= 15 is 0 Å². The molecule has 3 fully saturated rings. The van der Waals surface area contributed by atoms with Gasteiger partial charge in [-0.1, -0.05) is 0 Å². The minimum Gasteiger partial charge on any atom is -0.394 e. The zero-order valence-electron chi connectivity index (χ0n) is 27.3. The Morgan fingerprint density at radius 3 is 2.16 bits per heavy atom. The topological polar surface area (TPSA) is 370 Å². The normalized spacial score (nSPS) is 39.3. The average Bonchev–Trinajstić information content (AvgIpc) is 3.10. The first-order valence-electron chi connectivity index (χ1n) is 16.3. The van der Waals surface area contributed by atoms with Gasteiger partial charge in [0.05, 0.1) is 50.2 Å². The van der Waals surface area contributed by atoms with E-state index in [1.54, 1.807) is 7.05 Å². The van der Waals surface area contributed by atoms with Crippen molar-refractivity contribution in [2.75, 3.05) is 46.5 Å². The third-order valence-electron chi connectivity index (χ3n) is 9.33. The molecule has 49 heavy (non-hydrogen) atoms. The first kappa shape index (κ1) is 42.1. The van der Waals surface area contributed by atoms with Gasteiger partial charge in [-0.2, -0.15) is 0 Å². The minimum atomic E-state index is -2.14. The number of nitrogens with two attached hydrogens (primary N) is 3. The Morgan fingerprint density at radius 2 is 1.57 bits per heavy atom. The van der Waals surface area contributed by atoms with Crippen LogP contribution in [0.15, 0.2) is 0 Å². The molecule has 0 radical (unpaired) electrons. The number of nitrogens with one attached hydrogen (secondary N) is 3. The predicted octanol–water partition coefficient (Wildman–Crippen LogP) is -9.46. The van der Waals surface area contributed by atoms with E-state index in [0.717, 1.165) is 0 Å². The van der Waals surface area contributed by atoms with Crippen molar-refractivity contribution in [1.82, 2.24) is 16.0 Å². The molecule has 0 spiro atoms. The lowest BCUT2D eigenvalue weighted by Gasteiger charge is -2.49. The summed E-state index contributed by atoms with van der Waals surface area (Å²) in [5.74, 6) is -1.15. The fraction of sp³-hybridized carbons (Fsp3) is 0.964. The molecule has 0 aromatic heterocycles. The van der Waals surface area contributed by atoms with E-state index < -0.39 is 136 Å². The monoisotopic (exact) mass is 716 g/mol. The highest BCUT2D eigenvalue weighted by Crippen LogP contribution is 2.32. The Morgan fingerprint density at radius 1 is 0.939 bits per heavy atom. The molecular formula is C28H56N6O15. The molecule has 0 bridgehead atoms. The summed E-state index contributed by atoms with van der Waals surface area (Å²) in [6.07, 6.45) is -16.7. The third-order valence-corrected chi connectivity index (χ3v) is 9.33. The maximum absolute atomic E-state index is 13.0. The molecular weight excluding hydrogens is 660 g/mol. The minimum absolute atomic E-state index is 0.0499. The van der Waals surface area contributed by atoms with E-state index in [9.17, 15) is 55.9 Å². The highest BCUT2D eigenvalue weighted by atomic mass is 16.7. The number of carbonyl (C=O) groups is 1. The number of aliphatic hydroxyl groups is 10. The van der Waals surface area contributed by atoms with Crippen LogP contribution >= 0.6 is 0 Å². The van der Waals surface area contributed by atoms with Crippen LogP contribution in [-0.2, 0) is 23.7 Å². The van der Waals surface area contributed by atoms with Crippen molar-refractivity contribution in [3.05, 3.63) is 0 Å². The van der Waals surface area contributed by atoms with Gasteiger partial charge in [0.15, 0.2) is 18.7 Å². The summed E-state index contributed by atoms with van der Waals surface area (Å²) in [6, 6.07) is -3.88. The second kappa shape index (κ2) is 19.0. The summed E-state index contributed by atoms with van der Waals surface area (Å²) < 4.78 is 23.8. The molecule has 0 aromatic rings. The second-order valence-corrected chi connectivity index (χ2v) is 13.0. The molecule has 1 saturated carbocycles. The standard InChI is InChI=1S/C28H56N6O15/c1-32-13-4-14(34-25(44)21(42)18(39)15(38)5-29)24(49-27-20(41)17(31)19(40)16(7-35)47-27)22(43)23(13)48-26-12(30)3-2-11(46-26)6-33-8-28(45,9-36)10-37/h11-24,26-27,32-33,35-43,45H,2-10,29-31H2,1H3,(H,34,44)/t11-,12?,13-,14+,15-,16?,17-,18-,19?,20?,21-,22?,23?,24?,26+,27+/m0/s1. The van der Waals surface area contributed by atoms with Crippen molar-refractivity contribution >= 4 is 5.91 Å². The third kappa shape index (κ3) is 10.4. The fourth-order valence-corrected chi connectivity index (χ4v) is 6.07. The molecule has 21 nitrogen and oxygen atoms in total. The molecule has 1 aliphatic carbocycles. The quantitative estimate of drug-likeness (QED) is 0.0664. The molecule has 2 heterocycles. The van der Waals surface area contributed by atoms with Gasteiger partial charge in [0.25, 0.3) is 5.91 Å². The van der Waals surface area contributed by atoms with Gasteiger partial charge in [-0.3, -0.25) is 4.79 Å². The largest absolute Gasteiger partial charge is 0.394 e. The van der Waals surface area contributed by atoms with Crippen molar-refractivity contribution < 1.29 is 74.8 Å². The van der Waals surface area contributed by atoms with Crippen LogP contribution in [0.25, 0.3) is 0 Å². The summed E-state index contributed by atoms with van der Waals surface area (Å²) in [7, 11) is 1.56. The molecule has 2 aliphatic heterocycles. The molecule has 0 aromatic carbocycles. The molecule has 3 aliphatic rings. The molecule has 2 saturated heterocycles. The second-order valence-electron chi connectivity index (χ2n) is 13.0. The highest BCUT2D eigenvalue weighted by molar-refractivity contribution is 5.81. The Labute approximate surface area is 283 Å². The Bertz CT molecular complexity index is 1000. The van der Waals surface area contributed by atoms with Gasteiger partial charge in [0.1, 0.15) is 48.3 Å². The molecule has 21 heteroatoms. The lowest BCUT2D eigenvalue weighted by molar-refractivity contribution is -0.314. The van der Waals surface area contributed by atoms with Gasteiger partial charge < -0.3 is 103 Å². The van der Waals surface area contributed by atoms with Crippen molar-refractivity contribution in [3.8, 4) is 0 Å². The van der Waals surface area contributed by atoms with Gasteiger partial charge in [0, 0.05) is 25.7 Å². The average molecular weight is 717 g/mol. The number of ether oxygens (including phenoxy) is 4. The van der Waals surface area contributed by atoms with E-state index in [-0.39, 0.29) is 19.5 Å². The number of hydrogen-bond donors (Lipinski definition) is 16. The highest BCUT2D eigenvalue weighted by Gasteiger charge is 2.52. The smallest absolute Gasteiger partial charge is 0.251 e. The van der Waals surface area contributed by atoms with Crippen LogP contribution < -0.4 is 33.2 Å². The van der Waals surface area contributed by atoms with E-state index in [1.165, 1.54) is 0 Å². The number of likely N-dealkylation sites (N-methyl/N-ethyl adjacent to an activating group) is 1. The summed E-state index contributed by atoms with van der Waals surface area (Å²) in [5.41, 5.74) is 15.9. The van der Waals surface area contributed by atoms with Gasteiger partial charge in [-0.25, -0.2) is 0 Å². The zero-order valence-corrected chi connectivity index (χ0v) is 27.3. The number of aliphatic hydroxyl groups excluding tert-OH is 9. The summed E-state index contributed by atoms with van der Waals surface area (Å²) in [4.78, 5) is 13.0. The van der Waals surface area contributed by atoms with Crippen LogP contribution in [0, 0.1) is 0 Å². The van der Waals surface area contributed by atoms with Crippen LogP contribution in [0.3, 0.4) is 0 Å². The number of hydrogen-bond acceptors (Lipinski definition) is 20. The van der Waals surface area contributed by atoms with Crippen LogP contribution in [0.1, 0.15) is 19.3 Å². The maximum atomic E-state index is 13.0. The molecule has 7 unspecified atom stereocenters. The molecule has 288 valence electrons. The van der Waals surface area contributed by atoms with Crippen LogP contribution in [0.4, 0.5) is 0 Å². The fourth-order valence-electron chi connectivity index (χ4n) is 6.07. The Hall–Kier alpha value is -1.29. The Balaban J connectivity index is 1.83. The number of rotatable bonds is 17. The van der Waals surface area contributed by atoms with Crippen LogP contribution in [0.5, 0.6) is 0 Å². The number of amides is 1. The van der Waals surface area contributed by atoms with Crippen molar-refractivity contribution in [2.24, 2.45) is 17.2 Å². The SMILES string of the molecule is CN[C@H]1C[C@@H](NC(=O)[C@@H](O)[C@@H](O)[C@@H](O)CN)C(O[C@H]2OC(CO)C(O)[C@H](N)C2O)C(O)C1O[C@H]1O[C@H](CNCC(O)(CO)CO)CCC1N. The summed E-state index contributed by atoms with van der Waals surface area (Å²) in [6.45, 7) is -2.41. The van der Waals surface area contributed by atoms with Crippen molar-refractivity contribution in [2.45, 2.75) is 123 Å². The molecule has 16 atom stereocenters. The maximum Gasteiger partial charge on any atom is 0.251 e. The van der Waals surface area contributed by atoms with E-state index in [2.05, 4.69) is 16.0 Å². The van der Waals surface area contributed by atoms with Crippen molar-refractivity contribution in [1.29, 1.82) is 0 Å². The molecule has 19 N–H and O–H groups in total. The van der Waals surface area contributed by atoms with E-state index in [4.69, 9.17) is 36.1 Å². The van der Waals surface area contributed by atoms with Crippen LogP contribution in [-0.4, -0.2) is 207 Å².